The molecular formula is C14H18N4OS. The van der Waals surface area contributed by atoms with Gasteiger partial charge in [0.15, 0.2) is 5.16 Å². The first-order valence-electron chi connectivity index (χ1n) is 6.47. The molecule has 0 radical (unpaired) electrons. The minimum Gasteiger partial charge on any atom is -0.325 e. The lowest BCUT2D eigenvalue weighted by molar-refractivity contribution is -0.113. The Morgan fingerprint density at radius 3 is 2.85 bits per heavy atom. The largest absolute Gasteiger partial charge is 0.325 e. The molecule has 1 heterocycles. The van der Waals surface area contributed by atoms with Gasteiger partial charge < -0.3 is 9.88 Å². The van der Waals surface area contributed by atoms with Crippen LogP contribution in [0, 0.1) is 6.92 Å². The minimum atomic E-state index is -0.0401. The number of hydrogen-bond acceptors (Lipinski definition) is 4. The lowest BCUT2D eigenvalue weighted by atomic mass is 10.2. The van der Waals surface area contributed by atoms with Crippen molar-refractivity contribution in [3.05, 3.63) is 35.7 Å². The number of hydrogen-bond donors (Lipinski definition) is 1. The van der Waals surface area contributed by atoms with E-state index < -0.39 is 0 Å². The molecule has 1 aromatic heterocycles. The van der Waals surface area contributed by atoms with Crippen LogP contribution in [0.1, 0.15) is 18.3 Å². The molecule has 1 amide bonds. The topological polar surface area (TPSA) is 59.8 Å². The van der Waals surface area contributed by atoms with Crippen LogP contribution in [0.5, 0.6) is 0 Å². The number of rotatable bonds is 5. The van der Waals surface area contributed by atoms with Gasteiger partial charge >= 0.3 is 0 Å². The van der Waals surface area contributed by atoms with Crippen molar-refractivity contribution in [2.75, 3.05) is 11.1 Å². The summed E-state index contributed by atoms with van der Waals surface area (Å²) in [5.74, 6) is 1.21. The average Bonchev–Trinajstić information content (AvgIpc) is 2.77. The Morgan fingerprint density at radius 1 is 1.40 bits per heavy atom. The zero-order chi connectivity index (χ0) is 14.5. The van der Waals surface area contributed by atoms with Gasteiger partial charge in [-0.25, -0.2) is 0 Å². The third kappa shape index (κ3) is 3.60. The molecule has 1 aromatic carbocycles. The Balaban J connectivity index is 1.90. The lowest BCUT2D eigenvalue weighted by Gasteiger charge is -2.06. The van der Waals surface area contributed by atoms with Crippen molar-refractivity contribution in [2.45, 2.75) is 25.4 Å². The van der Waals surface area contributed by atoms with Gasteiger partial charge in [0.2, 0.25) is 5.91 Å². The number of thioether (sulfide) groups is 1. The van der Waals surface area contributed by atoms with E-state index in [-0.39, 0.29) is 5.91 Å². The number of aryl methyl sites for hydroxylation is 2. The number of carbonyl (C=O) groups excluding carboxylic acids is 1. The smallest absolute Gasteiger partial charge is 0.234 e. The summed E-state index contributed by atoms with van der Waals surface area (Å²) >= 11 is 1.39. The molecule has 20 heavy (non-hydrogen) atoms. The third-order valence-electron chi connectivity index (χ3n) is 2.88. The van der Waals surface area contributed by atoms with Gasteiger partial charge in [0.25, 0.3) is 0 Å². The van der Waals surface area contributed by atoms with Gasteiger partial charge in [-0.05, 0) is 24.6 Å². The molecule has 6 heteroatoms. The summed E-state index contributed by atoms with van der Waals surface area (Å²) < 4.78 is 1.92. The summed E-state index contributed by atoms with van der Waals surface area (Å²) in [5.41, 5.74) is 1.94. The number of benzene rings is 1. The van der Waals surface area contributed by atoms with Gasteiger partial charge in [-0.15, -0.1) is 10.2 Å². The van der Waals surface area contributed by atoms with Crippen LogP contribution < -0.4 is 5.32 Å². The second-order valence-electron chi connectivity index (χ2n) is 4.52. The zero-order valence-corrected chi connectivity index (χ0v) is 12.7. The van der Waals surface area contributed by atoms with Crippen LogP contribution in [0.3, 0.4) is 0 Å². The maximum atomic E-state index is 11.9. The van der Waals surface area contributed by atoms with Crippen molar-refractivity contribution in [3.63, 3.8) is 0 Å². The van der Waals surface area contributed by atoms with Crippen LogP contribution in [0.2, 0.25) is 0 Å². The molecule has 0 aliphatic heterocycles. The summed E-state index contributed by atoms with van der Waals surface area (Å²) in [6, 6.07) is 7.75. The van der Waals surface area contributed by atoms with E-state index in [2.05, 4.69) is 15.5 Å². The predicted molar refractivity (Wildman–Crippen MR) is 80.9 cm³/mol. The monoisotopic (exact) mass is 290 g/mol. The second kappa shape index (κ2) is 6.56. The van der Waals surface area contributed by atoms with Crippen molar-refractivity contribution in [3.8, 4) is 0 Å². The second-order valence-corrected chi connectivity index (χ2v) is 5.46. The lowest BCUT2D eigenvalue weighted by Crippen LogP contribution is -2.14. The normalized spacial score (nSPS) is 10.6. The molecule has 0 spiro atoms. The van der Waals surface area contributed by atoms with Crippen LogP contribution in [0.15, 0.2) is 29.4 Å². The van der Waals surface area contributed by atoms with Gasteiger partial charge in [-0.3, -0.25) is 4.79 Å². The van der Waals surface area contributed by atoms with E-state index in [0.717, 1.165) is 28.7 Å². The molecule has 1 N–H and O–H groups in total. The molecule has 2 rings (SSSR count). The summed E-state index contributed by atoms with van der Waals surface area (Å²) in [6.07, 6.45) is 0.833. The van der Waals surface area contributed by atoms with Crippen LogP contribution in [0.25, 0.3) is 0 Å². The molecule has 0 aliphatic carbocycles. The fourth-order valence-corrected chi connectivity index (χ4v) is 2.56. The summed E-state index contributed by atoms with van der Waals surface area (Å²) in [6.45, 7) is 4.03. The minimum absolute atomic E-state index is 0.0401. The first kappa shape index (κ1) is 14.6. The first-order valence-corrected chi connectivity index (χ1v) is 7.46. The number of carbonyl (C=O) groups is 1. The molecule has 0 fully saturated rings. The third-order valence-corrected chi connectivity index (χ3v) is 3.90. The van der Waals surface area contributed by atoms with Crippen LogP contribution in [-0.4, -0.2) is 26.4 Å². The number of aromatic nitrogens is 3. The summed E-state index contributed by atoms with van der Waals surface area (Å²) in [5, 5.41) is 11.8. The molecule has 5 nitrogen and oxygen atoms in total. The van der Waals surface area contributed by atoms with Crippen molar-refractivity contribution < 1.29 is 4.79 Å². The highest BCUT2D eigenvalue weighted by atomic mass is 32.2. The summed E-state index contributed by atoms with van der Waals surface area (Å²) in [4.78, 5) is 11.9. The maximum Gasteiger partial charge on any atom is 0.234 e. The van der Waals surface area contributed by atoms with Gasteiger partial charge in [0.1, 0.15) is 5.82 Å². The Hall–Kier alpha value is -1.82. The van der Waals surface area contributed by atoms with Crippen molar-refractivity contribution in [2.24, 2.45) is 7.05 Å². The highest BCUT2D eigenvalue weighted by Crippen LogP contribution is 2.16. The summed E-state index contributed by atoms with van der Waals surface area (Å²) in [7, 11) is 1.92. The van der Waals surface area contributed by atoms with Crippen molar-refractivity contribution in [1.82, 2.24) is 14.8 Å². The Bertz CT molecular complexity index is 609. The maximum absolute atomic E-state index is 11.9. The molecule has 0 atom stereocenters. The van der Waals surface area contributed by atoms with E-state index in [1.165, 1.54) is 11.8 Å². The number of nitrogens with zero attached hydrogens (tertiary/aromatic N) is 3. The van der Waals surface area contributed by atoms with Gasteiger partial charge in [-0.1, -0.05) is 30.8 Å². The zero-order valence-electron chi connectivity index (χ0n) is 11.9. The van der Waals surface area contributed by atoms with E-state index in [1.54, 1.807) is 0 Å². The average molecular weight is 290 g/mol. The molecule has 0 saturated carbocycles. The number of anilines is 1. The van der Waals surface area contributed by atoms with Crippen molar-refractivity contribution in [1.29, 1.82) is 0 Å². The van der Waals surface area contributed by atoms with Crippen molar-refractivity contribution >= 4 is 23.4 Å². The Labute approximate surface area is 122 Å². The van der Waals surface area contributed by atoms with Crippen LogP contribution >= 0.6 is 11.8 Å². The van der Waals surface area contributed by atoms with Gasteiger partial charge in [0, 0.05) is 19.2 Å². The Morgan fingerprint density at radius 2 is 2.20 bits per heavy atom. The number of amides is 1. The predicted octanol–water partition coefficient (Wildman–Crippen LogP) is 2.42. The standard InChI is InChI=1S/C14H18N4OS/c1-4-12-16-17-14(18(12)3)20-9-13(19)15-11-7-5-6-10(2)8-11/h5-8H,4,9H2,1-3H3,(H,15,19). The molecule has 0 unspecified atom stereocenters. The Kier molecular flexibility index (Phi) is 4.79. The van der Waals surface area contributed by atoms with Gasteiger partial charge in [-0.2, -0.15) is 0 Å². The fraction of sp³-hybridized carbons (Fsp3) is 0.357. The first-order chi connectivity index (χ1) is 9.60. The van der Waals surface area contributed by atoms with Gasteiger partial charge in [0.05, 0.1) is 5.75 Å². The van der Waals surface area contributed by atoms with E-state index in [0.29, 0.717) is 5.75 Å². The highest BCUT2D eigenvalue weighted by Gasteiger charge is 2.10. The van der Waals surface area contributed by atoms with E-state index in [1.807, 2.05) is 49.7 Å². The highest BCUT2D eigenvalue weighted by molar-refractivity contribution is 7.99. The molecule has 0 aliphatic rings. The SMILES string of the molecule is CCc1nnc(SCC(=O)Nc2cccc(C)c2)n1C. The van der Waals surface area contributed by atoms with E-state index in [4.69, 9.17) is 0 Å². The molecular weight excluding hydrogens is 272 g/mol. The van der Waals surface area contributed by atoms with E-state index in [9.17, 15) is 4.79 Å². The molecule has 106 valence electrons. The van der Waals surface area contributed by atoms with E-state index >= 15 is 0 Å². The number of nitrogens with one attached hydrogen (secondary N) is 1. The molecule has 0 saturated heterocycles. The fourth-order valence-electron chi connectivity index (χ4n) is 1.83. The molecule has 0 bridgehead atoms. The molecule has 2 aromatic rings. The van der Waals surface area contributed by atoms with Crippen LogP contribution in [0.4, 0.5) is 5.69 Å². The quantitative estimate of drug-likeness (QED) is 0.859. The van der Waals surface area contributed by atoms with Crippen LogP contribution in [-0.2, 0) is 18.3 Å².